The number of aliphatic hydroxyl groups excluding tert-OH is 3. The van der Waals surface area contributed by atoms with Crippen LogP contribution in [0.1, 0.15) is 31.2 Å². The molecule has 0 radical (unpaired) electrons. The highest BCUT2D eigenvalue weighted by Gasteiger charge is 2.52. The number of hydrogen-bond acceptors (Lipinski definition) is 8. The van der Waals surface area contributed by atoms with Gasteiger partial charge in [-0.3, -0.25) is 0 Å². The lowest BCUT2D eigenvalue weighted by atomic mass is 9.70. The van der Waals surface area contributed by atoms with Gasteiger partial charge in [-0.2, -0.15) is 0 Å². The summed E-state index contributed by atoms with van der Waals surface area (Å²) >= 11 is 0. The van der Waals surface area contributed by atoms with Crippen LogP contribution in [0.3, 0.4) is 0 Å². The van der Waals surface area contributed by atoms with Crippen molar-refractivity contribution in [2.45, 2.75) is 62.0 Å². The van der Waals surface area contributed by atoms with Crippen LogP contribution in [0.2, 0.25) is 0 Å². The number of aliphatic hydroxyl groups is 3. The average Bonchev–Trinajstić information content (AvgIpc) is 2.74. The summed E-state index contributed by atoms with van der Waals surface area (Å²) in [4.78, 5) is 13.6. The van der Waals surface area contributed by atoms with Crippen molar-refractivity contribution in [3.63, 3.8) is 0 Å². The van der Waals surface area contributed by atoms with Crippen molar-refractivity contribution >= 4 is 5.97 Å². The summed E-state index contributed by atoms with van der Waals surface area (Å²) in [5, 5.41) is 40.3. The average molecular weight is 440 g/mol. The second kappa shape index (κ2) is 9.81. The highest BCUT2D eigenvalue weighted by atomic mass is 16.7. The molecule has 1 aliphatic carbocycles. The number of benzene rings is 1. The molecule has 0 amide bonds. The van der Waals surface area contributed by atoms with Crippen molar-refractivity contribution in [1.82, 2.24) is 4.90 Å². The molecule has 1 aromatic rings. The zero-order valence-electron chi connectivity index (χ0n) is 18.2. The van der Waals surface area contributed by atoms with Gasteiger partial charge in [0.05, 0.1) is 7.11 Å². The Balaban J connectivity index is 2.02. The van der Waals surface area contributed by atoms with Gasteiger partial charge in [-0.25, -0.2) is 4.79 Å². The van der Waals surface area contributed by atoms with Crippen molar-refractivity contribution in [2.24, 2.45) is 5.92 Å². The van der Waals surface area contributed by atoms with Crippen LogP contribution in [0.5, 0.6) is 5.75 Å². The van der Waals surface area contributed by atoms with Gasteiger partial charge in [0.15, 0.2) is 12.4 Å². The van der Waals surface area contributed by atoms with E-state index in [2.05, 4.69) is 4.90 Å². The Morgan fingerprint density at radius 3 is 2.58 bits per heavy atom. The zero-order valence-corrected chi connectivity index (χ0v) is 18.2. The number of carboxylic acids is 1. The summed E-state index contributed by atoms with van der Waals surface area (Å²) in [6, 6.07) is 7.49. The Hall–Kier alpha value is -1.75. The lowest BCUT2D eigenvalue weighted by Crippen LogP contribution is -2.62. The van der Waals surface area contributed by atoms with E-state index in [9.17, 15) is 25.2 Å². The third-order valence-electron chi connectivity index (χ3n) is 6.29. The molecule has 0 bridgehead atoms. The standard InChI is InChI=1S/C22H33NO8/c1-23(2)12-14-7-4-5-10-22(14,13-8-6-9-15(11-13)29-3)31-21-18(26)16(24)17(25)19(30-21)20(27)28/h6,8-9,11,14,16-19,21,24-26H,4-5,7,10,12H2,1-3H3,(H,27,28). The van der Waals surface area contributed by atoms with Crippen molar-refractivity contribution in [3.8, 4) is 5.75 Å². The Morgan fingerprint density at radius 2 is 1.94 bits per heavy atom. The summed E-state index contributed by atoms with van der Waals surface area (Å²) in [6.07, 6.45) is -4.82. The van der Waals surface area contributed by atoms with Gasteiger partial charge in [0.1, 0.15) is 29.7 Å². The van der Waals surface area contributed by atoms with Crippen LogP contribution in [0, 0.1) is 5.92 Å². The van der Waals surface area contributed by atoms with E-state index in [4.69, 9.17) is 14.2 Å². The topological polar surface area (TPSA) is 129 Å². The number of aliphatic carboxylic acids is 1. The van der Waals surface area contributed by atoms with E-state index in [-0.39, 0.29) is 5.92 Å². The van der Waals surface area contributed by atoms with Gasteiger partial charge in [0, 0.05) is 12.5 Å². The fraction of sp³-hybridized carbons (Fsp3) is 0.682. The van der Waals surface area contributed by atoms with Gasteiger partial charge in [-0.15, -0.1) is 0 Å². The van der Waals surface area contributed by atoms with Crippen LogP contribution in [-0.2, 0) is 19.9 Å². The van der Waals surface area contributed by atoms with E-state index < -0.39 is 42.3 Å². The molecular formula is C22H33NO8. The lowest BCUT2D eigenvalue weighted by Gasteiger charge is -2.49. The number of methoxy groups -OCH3 is 1. The molecule has 174 valence electrons. The molecule has 2 fully saturated rings. The monoisotopic (exact) mass is 439 g/mol. The molecule has 7 atom stereocenters. The van der Waals surface area contributed by atoms with Crippen molar-refractivity contribution < 1.29 is 39.4 Å². The molecule has 2 aliphatic rings. The van der Waals surface area contributed by atoms with Crippen LogP contribution >= 0.6 is 0 Å². The second-order valence-corrected chi connectivity index (χ2v) is 8.68. The second-order valence-electron chi connectivity index (χ2n) is 8.68. The predicted molar refractivity (Wildman–Crippen MR) is 111 cm³/mol. The Kier molecular flexibility index (Phi) is 7.56. The van der Waals surface area contributed by atoms with E-state index in [1.54, 1.807) is 7.11 Å². The van der Waals surface area contributed by atoms with Crippen molar-refractivity contribution in [3.05, 3.63) is 29.8 Å². The van der Waals surface area contributed by atoms with Crippen molar-refractivity contribution in [2.75, 3.05) is 27.7 Å². The molecule has 1 aromatic carbocycles. The Labute approximate surface area is 182 Å². The molecule has 1 saturated heterocycles. The van der Waals surface area contributed by atoms with Crippen LogP contribution in [0.15, 0.2) is 24.3 Å². The van der Waals surface area contributed by atoms with Crippen LogP contribution in [-0.4, -0.2) is 89.8 Å². The van der Waals surface area contributed by atoms with Crippen LogP contribution in [0.25, 0.3) is 0 Å². The fourth-order valence-electron chi connectivity index (χ4n) is 4.74. The third kappa shape index (κ3) is 4.87. The third-order valence-corrected chi connectivity index (χ3v) is 6.29. The molecule has 9 heteroatoms. The Morgan fingerprint density at radius 1 is 1.19 bits per heavy atom. The summed E-state index contributed by atoms with van der Waals surface area (Å²) in [5.41, 5.74) is -0.0602. The maximum absolute atomic E-state index is 11.5. The molecule has 0 spiro atoms. The number of hydrogen-bond donors (Lipinski definition) is 4. The largest absolute Gasteiger partial charge is 0.497 e. The number of carboxylic acid groups (broad SMARTS) is 1. The SMILES string of the molecule is COc1cccc(C2(OC3OC(C(=O)O)C(O)C(O)C3O)CCCCC2CN(C)C)c1. The summed E-state index contributed by atoms with van der Waals surface area (Å²) in [6.45, 7) is 0.702. The van der Waals surface area contributed by atoms with Gasteiger partial charge < -0.3 is 39.5 Å². The highest BCUT2D eigenvalue weighted by Crippen LogP contribution is 2.47. The smallest absolute Gasteiger partial charge is 0.335 e. The first-order chi connectivity index (χ1) is 14.7. The molecular weight excluding hydrogens is 406 g/mol. The maximum Gasteiger partial charge on any atom is 0.335 e. The molecule has 4 N–H and O–H groups in total. The molecule has 7 unspecified atom stereocenters. The minimum atomic E-state index is -1.76. The van der Waals surface area contributed by atoms with Gasteiger partial charge >= 0.3 is 5.97 Å². The highest BCUT2D eigenvalue weighted by molar-refractivity contribution is 5.73. The number of carbonyl (C=O) groups is 1. The first-order valence-electron chi connectivity index (χ1n) is 10.6. The minimum absolute atomic E-state index is 0.0198. The maximum atomic E-state index is 11.5. The number of rotatable bonds is 7. The lowest BCUT2D eigenvalue weighted by molar-refractivity contribution is -0.333. The summed E-state index contributed by atoms with van der Waals surface area (Å²) < 4.78 is 17.3. The molecule has 9 nitrogen and oxygen atoms in total. The zero-order chi connectivity index (χ0) is 22.8. The number of nitrogens with zero attached hydrogens (tertiary/aromatic N) is 1. The van der Waals surface area contributed by atoms with E-state index in [0.717, 1.165) is 24.8 Å². The summed E-state index contributed by atoms with van der Waals surface area (Å²) in [5.74, 6) is -0.763. The first kappa shape index (κ1) is 23.9. The van der Waals surface area contributed by atoms with Crippen LogP contribution in [0.4, 0.5) is 0 Å². The number of ether oxygens (including phenoxy) is 3. The molecule has 3 rings (SSSR count). The minimum Gasteiger partial charge on any atom is -0.497 e. The fourth-order valence-corrected chi connectivity index (χ4v) is 4.74. The molecule has 1 aliphatic heterocycles. The van der Waals surface area contributed by atoms with Gasteiger partial charge in [-0.1, -0.05) is 25.0 Å². The normalized spacial score (nSPS) is 36.4. The molecule has 0 aromatic heterocycles. The van der Waals surface area contributed by atoms with E-state index >= 15 is 0 Å². The van der Waals surface area contributed by atoms with Gasteiger partial charge in [-0.05, 0) is 44.6 Å². The Bertz CT molecular complexity index is 759. The quantitative estimate of drug-likeness (QED) is 0.481. The molecule has 1 heterocycles. The van der Waals surface area contributed by atoms with Gasteiger partial charge in [0.2, 0.25) is 0 Å². The van der Waals surface area contributed by atoms with E-state index in [0.29, 0.717) is 18.7 Å². The van der Waals surface area contributed by atoms with Crippen LogP contribution < -0.4 is 4.74 Å². The predicted octanol–water partition coefficient (Wildman–Crippen LogP) is 0.551. The molecule has 31 heavy (non-hydrogen) atoms. The van der Waals surface area contributed by atoms with Crippen molar-refractivity contribution in [1.29, 1.82) is 0 Å². The van der Waals surface area contributed by atoms with Gasteiger partial charge in [0.25, 0.3) is 0 Å². The summed E-state index contributed by atoms with van der Waals surface area (Å²) in [7, 11) is 5.52. The van der Waals surface area contributed by atoms with E-state index in [1.165, 1.54) is 0 Å². The first-order valence-corrected chi connectivity index (χ1v) is 10.6. The molecule has 1 saturated carbocycles. The van der Waals surface area contributed by atoms with E-state index in [1.807, 2.05) is 38.4 Å².